The summed E-state index contributed by atoms with van der Waals surface area (Å²) in [7, 11) is 3.13. The molecule has 1 amide bonds. The van der Waals surface area contributed by atoms with E-state index in [0.717, 1.165) is 15.7 Å². The number of amides is 1. The second kappa shape index (κ2) is 10.1. The average molecular weight is 486 g/mol. The molecule has 2 N–H and O–H groups in total. The number of rotatable bonds is 8. The summed E-state index contributed by atoms with van der Waals surface area (Å²) in [5.74, 6) is 1.44. The van der Waals surface area contributed by atoms with Gasteiger partial charge < -0.3 is 24.8 Å². The van der Waals surface area contributed by atoms with Crippen molar-refractivity contribution in [2.75, 3.05) is 26.1 Å². The molecule has 0 fully saturated rings. The van der Waals surface area contributed by atoms with Crippen molar-refractivity contribution in [1.29, 1.82) is 0 Å². The van der Waals surface area contributed by atoms with Gasteiger partial charge in [0, 0.05) is 27.8 Å². The third kappa shape index (κ3) is 6.72. The lowest BCUT2D eigenvalue weighted by Crippen LogP contribution is -2.43. The van der Waals surface area contributed by atoms with Crippen molar-refractivity contribution < 1.29 is 19.0 Å². The molecule has 0 radical (unpaired) electrons. The van der Waals surface area contributed by atoms with Crippen LogP contribution in [0.2, 0.25) is 5.02 Å². The molecule has 0 atom stereocenters. The first kappa shape index (κ1) is 23.2. The van der Waals surface area contributed by atoms with Crippen molar-refractivity contribution in [2.24, 2.45) is 0 Å². The first-order valence-corrected chi connectivity index (χ1v) is 10.2. The zero-order chi connectivity index (χ0) is 21.6. The molecular formula is C21H26BrClN2O4. The summed E-state index contributed by atoms with van der Waals surface area (Å²) in [6.45, 7) is 6.06. The van der Waals surface area contributed by atoms with Crippen LogP contribution < -0.4 is 24.8 Å². The van der Waals surface area contributed by atoms with Gasteiger partial charge in [0.25, 0.3) is 5.91 Å². The maximum absolute atomic E-state index is 12.2. The summed E-state index contributed by atoms with van der Waals surface area (Å²) in [6, 6.07) is 9.11. The minimum absolute atomic E-state index is 0.120. The molecule has 2 aromatic carbocycles. The number of hydrogen-bond acceptors (Lipinski definition) is 5. The number of carbonyl (C=O) groups is 1. The van der Waals surface area contributed by atoms with E-state index < -0.39 is 0 Å². The summed E-state index contributed by atoms with van der Waals surface area (Å²) >= 11 is 9.75. The minimum Gasteiger partial charge on any atom is -0.495 e. The molecule has 0 saturated heterocycles. The van der Waals surface area contributed by atoms with Gasteiger partial charge in [0.1, 0.15) is 5.75 Å². The standard InChI is InChI=1S/C21H26BrClN2O4/c1-21(2,3)25-19(26)12-29-20-14(15(22)7-9-18(20)28-5)11-24-13-6-8-17(27-4)16(23)10-13/h6-10,24H,11-12H2,1-5H3,(H,25,26). The van der Waals surface area contributed by atoms with Crippen LogP contribution in [0.5, 0.6) is 17.2 Å². The van der Waals surface area contributed by atoms with Crippen LogP contribution in [0.1, 0.15) is 26.3 Å². The molecule has 0 aliphatic carbocycles. The third-order valence-electron chi connectivity index (χ3n) is 3.87. The lowest BCUT2D eigenvalue weighted by Gasteiger charge is -2.22. The van der Waals surface area contributed by atoms with Gasteiger partial charge in [0.2, 0.25) is 0 Å². The van der Waals surface area contributed by atoms with E-state index >= 15 is 0 Å². The molecular weight excluding hydrogens is 460 g/mol. The van der Waals surface area contributed by atoms with Crippen molar-refractivity contribution in [3.05, 3.63) is 45.4 Å². The SMILES string of the molecule is COc1ccc(NCc2c(Br)ccc(OC)c2OCC(=O)NC(C)(C)C)cc1Cl. The fourth-order valence-corrected chi connectivity index (χ4v) is 3.33. The Bertz CT molecular complexity index is 868. The molecule has 0 aliphatic heterocycles. The molecule has 0 aliphatic rings. The number of carbonyl (C=O) groups excluding carboxylic acids is 1. The van der Waals surface area contributed by atoms with Crippen LogP contribution in [-0.4, -0.2) is 32.3 Å². The van der Waals surface area contributed by atoms with Gasteiger partial charge in [0.15, 0.2) is 18.1 Å². The van der Waals surface area contributed by atoms with Crippen LogP contribution in [0.15, 0.2) is 34.8 Å². The molecule has 0 saturated carbocycles. The van der Waals surface area contributed by atoms with Gasteiger partial charge in [-0.3, -0.25) is 4.79 Å². The van der Waals surface area contributed by atoms with E-state index in [0.29, 0.717) is 28.8 Å². The van der Waals surface area contributed by atoms with Gasteiger partial charge in [-0.1, -0.05) is 27.5 Å². The van der Waals surface area contributed by atoms with Crippen LogP contribution in [0.3, 0.4) is 0 Å². The van der Waals surface area contributed by atoms with Crippen molar-refractivity contribution in [3.8, 4) is 17.2 Å². The molecule has 0 unspecified atom stereocenters. The quantitative estimate of drug-likeness (QED) is 0.549. The van der Waals surface area contributed by atoms with E-state index in [-0.39, 0.29) is 18.1 Å². The highest BCUT2D eigenvalue weighted by Gasteiger charge is 2.18. The second-order valence-corrected chi connectivity index (χ2v) is 8.61. The summed E-state index contributed by atoms with van der Waals surface area (Å²) in [6.07, 6.45) is 0. The van der Waals surface area contributed by atoms with E-state index in [2.05, 4.69) is 26.6 Å². The second-order valence-electron chi connectivity index (χ2n) is 7.35. The molecule has 0 spiro atoms. The van der Waals surface area contributed by atoms with Crippen LogP contribution >= 0.6 is 27.5 Å². The van der Waals surface area contributed by atoms with E-state index in [1.165, 1.54) is 0 Å². The highest BCUT2D eigenvalue weighted by molar-refractivity contribution is 9.10. The lowest BCUT2D eigenvalue weighted by atomic mass is 10.1. The molecule has 0 bridgehead atoms. The van der Waals surface area contributed by atoms with Crippen LogP contribution in [-0.2, 0) is 11.3 Å². The molecule has 2 aromatic rings. The minimum atomic E-state index is -0.334. The van der Waals surface area contributed by atoms with Gasteiger partial charge >= 0.3 is 0 Å². The van der Waals surface area contributed by atoms with Gasteiger partial charge in [-0.25, -0.2) is 0 Å². The van der Waals surface area contributed by atoms with E-state index in [1.54, 1.807) is 32.4 Å². The lowest BCUT2D eigenvalue weighted by molar-refractivity contribution is -0.124. The molecule has 158 valence electrons. The van der Waals surface area contributed by atoms with E-state index in [9.17, 15) is 4.79 Å². The van der Waals surface area contributed by atoms with Crippen molar-refractivity contribution in [1.82, 2.24) is 5.32 Å². The van der Waals surface area contributed by atoms with Gasteiger partial charge in [-0.15, -0.1) is 0 Å². The van der Waals surface area contributed by atoms with Gasteiger partial charge in [-0.2, -0.15) is 0 Å². The van der Waals surface area contributed by atoms with Crippen LogP contribution in [0, 0.1) is 0 Å². The highest BCUT2D eigenvalue weighted by atomic mass is 79.9. The zero-order valence-electron chi connectivity index (χ0n) is 17.2. The largest absolute Gasteiger partial charge is 0.495 e. The first-order chi connectivity index (χ1) is 13.6. The number of methoxy groups -OCH3 is 2. The number of halogens is 2. The number of nitrogens with one attached hydrogen (secondary N) is 2. The number of benzene rings is 2. The Morgan fingerprint density at radius 3 is 2.34 bits per heavy atom. The highest BCUT2D eigenvalue weighted by Crippen LogP contribution is 2.37. The molecule has 0 aromatic heterocycles. The Balaban J connectivity index is 2.20. The van der Waals surface area contributed by atoms with Crippen molar-refractivity contribution in [3.63, 3.8) is 0 Å². The normalized spacial score (nSPS) is 11.0. The summed E-state index contributed by atoms with van der Waals surface area (Å²) < 4.78 is 17.3. The van der Waals surface area contributed by atoms with Gasteiger partial charge in [0.05, 0.1) is 19.2 Å². The fraction of sp³-hybridized carbons (Fsp3) is 0.381. The van der Waals surface area contributed by atoms with Gasteiger partial charge in [-0.05, 0) is 51.1 Å². The molecule has 8 heteroatoms. The molecule has 0 heterocycles. The van der Waals surface area contributed by atoms with E-state index in [1.807, 2.05) is 32.9 Å². The Kier molecular flexibility index (Phi) is 8.05. The van der Waals surface area contributed by atoms with Crippen molar-refractivity contribution >= 4 is 39.1 Å². The number of anilines is 1. The monoisotopic (exact) mass is 484 g/mol. The third-order valence-corrected chi connectivity index (χ3v) is 4.91. The Morgan fingerprint density at radius 2 is 1.76 bits per heavy atom. The van der Waals surface area contributed by atoms with Crippen LogP contribution in [0.4, 0.5) is 5.69 Å². The number of ether oxygens (including phenoxy) is 3. The summed E-state index contributed by atoms with van der Waals surface area (Å²) in [5, 5.41) is 6.69. The zero-order valence-corrected chi connectivity index (χ0v) is 19.5. The maximum atomic E-state index is 12.2. The predicted octanol–water partition coefficient (Wildman–Crippen LogP) is 5.03. The van der Waals surface area contributed by atoms with E-state index in [4.69, 9.17) is 25.8 Å². The maximum Gasteiger partial charge on any atom is 0.258 e. The summed E-state index contributed by atoms with van der Waals surface area (Å²) in [4.78, 5) is 12.2. The smallest absolute Gasteiger partial charge is 0.258 e. The molecule has 29 heavy (non-hydrogen) atoms. The van der Waals surface area contributed by atoms with Crippen molar-refractivity contribution in [2.45, 2.75) is 32.9 Å². The topological polar surface area (TPSA) is 68.8 Å². The molecule has 6 nitrogen and oxygen atoms in total. The first-order valence-electron chi connectivity index (χ1n) is 9.01. The average Bonchev–Trinajstić information content (AvgIpc) is 2.64. The predicted molar refractivity (Wildman–Crippen MR) is 119 cm³/mol. The Labute approximate surface area is 185 Å². The fourth-order valence-electron chi connectivity index (χ4n) is 2.62. The Hall–Kier alpha value is -2.12. The van der Waals surface area contributed by atoms with Crippen LogP contribution in [0.25, 0.3) is 0 Å². The Morgan fingerprint density at radius 1 is 1.10 bits per heavy atom. The summed E-state index contributed by atoms with van der Waals surface area (Å²) in [5.41, 5.74) is 1.31. The molecule has 2 rings (SSSR count). The number of hydrogen-bond donors (Lipinski definition) is 2.